The first-order chi connectivity index (χ1) is 13.5. The van der Waals surface area contributed by atoms with E-state index in [0.717, 1.165) is 43.4 Å². The monoisotopic (exact) mass is 372 g/mol. The van der Waals surface area contributed by atoms with Gasteiger partial charge < -0.3 is 9.47 Å². The first kappa shape index (κ1) is 18.0. The lowest BCUT2D eigenvalue weighted by Gasteiger charge is -2.16. The van der Waals surface area contributed by atoms with Crippen LogP contribution in [-0.4, -0.2) is 26.2 Å². The molecule has 0 atom stereocenters. The quantitative estimate of drug-likeness (QED) is 0.352. The number of carbonyl (C=O) groups excluding carboxylic acids is 2. The second-order valence-corrected chi connectivity index (χ2v) is 6.92. The number of aryl methyl sites for hydroxylation is 2. The lowest BCUT2D eigenvalue weighted by molar-refractivity contribution is 0.0595. The molecule has 0 fully saturated rings. The van der Waals surface area contributed by atoms with Crippen molar-refractivity contribution < 1.29 is 19.1 Å². The molecule has 4 heteroatoms. The van der Waals surface area contributed by atoms with Crippen LogP contribution in [0.2, 0.25) is 0 Å². The number of carbonyl (C=O) groups is 2. The van der Waals surface area contributed by atoms with E-state index in [0.29, 0.717) is 11.1 Å². The third kappa shape index (κ3) is 2.53. The van der Waals surface area contributed by atoms with Crippen LogP contribution in [0, 0.1) is 13.8 Å². The van der Waals surface area contributed by atoms with Gasteiger partial charge in [0.1, 0.15) is 0 Å². The topological polar surface area (TPSA) is 52.6 Å². The van der Waals surface area contributed by atoms with E-state index in [1.54, 1.807) is 12.1 Å². The molecule has 0 bridgehead atoms. The molecule has 140 valence electrons. The van der Waals surface area contributed by atoms with Crippen molar-refractivity contribution in [2.24, 2.45) is 0 Å². The van der Waals surface area contributed by atoms with Gasteiger partial charge >= 0.3 is 11.9 Å². The summed E-state index contributed by atoms with van der Waals surface area (Å²) in [5, 5.41) is 5.52. The number of rotatable bonds is 2. The highest BCUT2D eigenvalue weighted by Crippen LogP contribution is 2.39. The van der Waals surface area contributed by atoms with Crippen LogP contribution < -0.4 is 0 Å². The highest BCUT2D eigenvalue weighted by Gasteiger charge is 2.20. The lowest BCUT2D eigenvalue weighted by atomic mass is 9.88. The average molecular weight is 372 g/mol. The van der Waals surface area contributed by atoms with Gasteiger partial charge in [-0.15, -0.1) is 0 Å². The highest BCUT2D eigenvalue weighted by atomic mass is 16.5. The molecule has 0 saturated heterocycles. The Morgan fingerprint density at radius 1 is 0.679 bits per heavy atom. The van der Waals surface area contributed by atoms with Crippen molar-refractivity contribution in [3.05, 3.63) is 70.8 Å². The fourth-order valence-corrected chi connectivity index (χ4v) is 4.07. The van der Waals surface area contributed by atoms with Crippen molar-refractivity contribution in [1.82, 2.24) is 0 Å². The molecule has 0 unspecified atom stereocenters. The first-order valence-electron chi connectivity index (χ1n) is 9.03. The zero-order valence-electron chi connectivity index (χ0n) is 16.3. The van der Waals surface area contributed by atoms with E-state index in [-0.39, 0.29) is 0 Å². The number of benzene rings is 4. The third-order valence-corrected chi connectivity index (χ3v) is 5.32. The predicted molar refractivity (Wildman–Crippen MR) is 111 cm³/mol. The Morgan fingerprint density at radius 3 is 1.50 bits per heavy atom. The normalized spacial score (nSPS) is 11.1. The third-order valence-electron chi connectivity index (χ3n) is 5.32. The lowest BCUT2D eigenvalue weighted by Crippen LogP contribution is -2.05. The molecule has 0 N–H and O–H groups in total. The van der Waals surface area contributed by atoms with Crippen LogP contribution in [0.5, 0.6) is 0 Å². The Balaban J connectivity index is 2.35. The van der Waals surface area contributed by atoms with E-state index >= 15 is 0 Å². The van der Waals surface area contributed by atoms with Crippen LogP contribution in [0.1, 0.15) is 31.8 Å². The van der Waals surface area contributed by atoms with Gasteiger partial charge in [0.15, 0.2) is 0 Å². The maximum absolute atomic E-state index is 12.5. The van der Waals surface area contributed by atoms with Crippen molar-refractivity contribution in [2.45, 2.75) is 13.8 Å². The van der Waals surface area contributed by atoms with E-state index in [2.05, 4.69) is 0 Å². The van der Waals surface area contributed by atoms with Gasteiger partial charge in [-0.3, -0.25) is 0 Å². The molecule has 28 heavy (non-hydrogen) atoms. The average Bonchev–Trinajstić information content (AvgIpc) is 2.71. The number of hydrogen-bond donors (Lipinski definition) is 0. The van der Waals surface area contributed by atoms with Gasteiger partial charge in [-0.25, -0.2) is 9.59 Å². The van der Waals surface area contributed by atoms with Crippen LogP contribution in [-0.2, 0) is 9.47 Å². The second kappa shape index (κ2) is 6.64. The first-order valence-corrected chi connectivity index (χ1v) is 9.03. The van der Waals surface area contributed by atoms with Crippen LogP contribution in [0.15, 0.2) is 48.5 Å². The zero-order chi connectivity index (χ0) is 20.0. The molecule has 0 spiro atoms. The van der Waals surface area contributed by atoms with E-state index < -0.39 is 11.9 Å². The summed E-state index contributed by atoms with van der Waals surface area (Å²) in [6, 6.07) is 15.4. The molecular formula is C24H20O4. The van der Waals surface area contributed by atoms with Crippen molar-refractivity contribution in [3.8, 4) is 0 Å². The molecule has 0 saturated carbocycles. The van der Waals surface area contributed by atoms with E-state index in [9.17, 15) is 9.59 Å². The summed E-state index contributed by atoms with van der Waals surface area (Å²) in [6.45, 7) is 4.06. The van der Waals surface area contributed by atoms with Crippen molar-refractivity contribution in [2.75, 3.05) is 14.2 Å². The standard InChI is InChI=1S/C24H20O4/c1-13-7-5-9-16-18(23(25)27-3)11-15-12-19(24(26)28-4)17-10-6-8-14(2)21(17)22(15)20(13)16/h5-12H,1-4H3. The number of fused-ring (bicyclic) bond motifs is 5. The maximum Gasteiger partial charge on any atom is 0.338 e. The van der Waals surface area contributed by atoms with Crippen molar-refractivity contribution in [1.29, 1.82) is 0 Å². The Hall–Kier alpha value is -3.40. The fraction of sp³-hybridized carbons (Fsp3) is 0.167. The molecule has 4 nitrogen and oxygen atoms in total. The summed E-state index contributed by atoms with van der Waals surface area (Å²) in [5.41, 5.74) is 3.09. The van der Waals surface area contributed by atoms with E-state index in [1.807, 2.05) is 50.2 Å². The van der Waals surface area contributed by atoms with Crippen LogP contribution in [0.25, 0.3) is 32.3 Å². The Labute approximate surface area is 162 Å². The number of methoxy groups -OCH3 is 2. The van der Waals surface area contributed by atoms with Gasteiger partial charge in [0.2, 0.25) is 0 Å². The zero-order valence-corrected chi connectivity index (χ0v) is 16.3. The molecule has 0 heterocycles. The molecule has 0 amide bonds. The molecule has 0 aliphatic heterocycles. The summed E-state index contributed by atoms with van der Waals surface area (Å²) >= 11 is 0. The molecule has 0 aromatic heterocycles. The molecular weight excluding hydrogens is 352 g/mol. The Bertz CT molecular complexity index is 1190. The minimum Gasteiger partial charge on any atom is -0.465 e. The number of esters is 2. The van der Waals surface area contributed by atoms with Gasteiger partial charge in [-0.05, 0) is 69.4 Å². The van der Waals surface area contributed by atoms with Crippen LogP contribution in [0.3, 0.4) is 0 Å². The second-order valence-electron chi connectivity index (χ2n) is 6.92. The highest BCUT2D eigenvalue weighted by molar-refractivity contribution is 6.28. The SMILES string of the molecule is COC(=O)c1cc2cc(C(=O)OC)c3cccc(C)c3c2c2c(C)cccc12. The molecule has 0 aliphatic rings. The minimum atomic E-state index is -0.401. The number of hydrogen-bond acceptors (Lipinski definition) is 4. The van der Waals surface area contributed by atoms with Crippen LogP contribution >= 0.6 is 0 Å². The van der Waals surface area contributed by atoms with E-state index in [1.165, 1.54) is 14.2 Å². The molecule has 0 radical (unpaired) electrons. The molecule has 4 rings (SSSR count). The van der Waals surface area contributed by atoms with E-state index in [4.69, 9.17) is 9.47 Å². The molecule has 4 aromatic carbocycles. The predicted octanol–water partition coefficient (Wildman–Crippen LogP) is 5.34. The van der Waals surface area contributed by atoms with Gasteiger partial charge in [-0.2, -0.15) is 0 Å². The van der Waals surface area contributed by atoms with Crippen molar-refractivity contribution >= 4 is 44.3 Å². The summed E-state index contributed by atoms with van der Waals surface area (Å²) in [6.07, 6.45) is 0. The largest absolute Gasteiger partial charge is 0.465 e. The van der Waals surface area contributed by atoms with Gasteiger partial charge in [-0.1, -0.05) is 36.4 Å². The minimum absolute atomic E-state index is 0.401. The van der Waals surface area contributed by atoms with Gasteiger partial charge in [0, 0.05) is 0 Å². The Morgan fingerprint density at radius 2 is 1.11 bits per heavy atom. The molecule has 4 aromatic rings. The summed E-state index contributed by atoms with van der Waals surface area (Å²) in [7, 11) is 2.75. The fourth-order valence-electron chi connectivity index (χ4n) is 4.07. The maximum atomic E-state index is 12.5. The van der Waals surface area contributed by atoms with Crippen LogP contribution in [0.4, 0.5) is 0 Å². The smallest absolute Gasteiger partial charge is 0.338 e. The number of ether oxygens (including phenoxy) is 2. The van der Waals surface area contributed by atoms with Gasteiger partial charge in [0.05, 0.1) is 25.3 Å². The summed E-state index contributed by atoms with van der Waals surface area (Å²) in [5.74, 6) is -0.802. The van der Waals surface area contributed by atoms with Gasteiger partial charge in [0.25, 0.3) is 0 Å². The Kier molecular flexibility index (Phi) is 4.27. The van der Waals surface area contributed by atoms with Crippen molar-refractivity contribution in [3.63, 3.8) is 0 Å². The summed E-state index contributed by atoms with van der Waals surface area (Å²) < 4.78 is 10.0. The molecule has 0 aliphatic carbocycles. The summed E-state index contributed by atoms with van der Waals surface area (Å²) in [4.78, 5) is 24.9.